The van der Waals surface area contributed by atoms with E-state index in [4.69, 9.17) is 0 Å². The lowest BCUT2D eigenvalue weighted by Gasteiger charge is -2.09. The molecule has 0 atom stereocenters. The standard InChI is InChI=1S/C28H18F4/c1-2-3-4-19-14-26(31)28(27(32)15-19)23-10-9-20(25(30)17-23)7-5-18-6-8-22-16-24(29)12-11-21(22)13-18/h2,6,8-17H,1,3-4H2. The minimum absolute atomic E-state index is 0.103. The first-order valence-electron chi connectivity index (χ1n) is 10.0. The smallest absolute Gasteiger partial charge is 0.139 e. The lowest BCUT2D eigenvalue weighted by Crippen LogP contribution is -1.96. The number of aryl methyl sites for hydroxylation is 1. The number of fused-ring (bicyclic) bond motifs is 1. The maximum absolute atomic E-state index is 14.6. The highest BCUT2D eigenvalue weighted by Crippen LogP contribution is 2.29. The maximum Gasteiger partial charge on any atom is 0.139 e. The number of benzene rings is 4. The topological polar surface area (TPSA) is 0 Å². The van der Waals surface area contributed by atoms with Gasteiger partial charge in [-0.2, -0.15) is 0 Å². The summed E-state index contributed by atoms with van der Waals surface area (Å²) >= 11 is 0. The van der Waals surface area contributed by atoms with Crippen LogP contribution in [0, 0.1) is 35.1 Å². The van der Waals surface area contributed by atoms with Gasteiger partial charge in [-0.15, -0.1) is 6.58 Å². The van der Waals surface area contributed by atoms with E-state index in [-0.39, 0.29) is 22.5 Å². The third-order valence-corrected chi connectivity index (χ3v) is 5.14. The van der Waals surface area contributed by atoms with Gasteiger partial charge in [0, 0.05) is 5.56 Å². The van der Waals surface area contributed by atoms with Gasteiger partial charge in [0.05, 0.1) is 11.1 Å². The Labute approximate surface area is 183 Å². The second kappa shape index (κ2) is 9.11. The molecule has 0 N–H and O–H groups in total. The first-order valence-corrected chi connectivity index (χ1v) is 10.0. The molecule has 0 aromatic heterocycles. The van der Waals surface area contributed by atoms with Crippen molar-refractivity contribution in [2.24, 2.45) is 0 Å². The normalized spacial score (nSPS) is 10.6. The van der Waals surface area contributed by atoms with Crippen LogP contribution in [0.3, 0.4) is 0 Å². The second-order valence-corrected chi connectivity index (χ2v) is 7.41. The van der Waals surface area contributed by atoms with Crippen molar-refractivity contribution in [2.45, 2.75) is 12.8 Å². The van der Waals surface area contributed by atoms with Crippen LogP contribution in [0.15, 0.2) is 79.4 Å². The summed E-state index contributed by atoms with van der Waals surface area (Å²) in [5, 5.41) is 1.56. The van der Waals surface area contributed by atoms with E-state index in [0.29, 0.717) is 24.0 Å². The second-order valence-electron chi connectivity index (χ2n) is 7.41. The number of allylic oxidation sites excluding steroid dienone is 1. The predicted molar refractivity (Wildman–Crippen MR) is 120 cm³/mol. The molecule has 0 heterocycles. The lowest BCUT2D eigenvalue weighted by molar-refractivity contribution is 0.585. The average Bonchev–Trinajstić information content (AvgIpc) is 2.76. The van der Waals surface area contributed by atoms with Gasteiger partial charge in [0.15, 0.2) is 0 Å². The van der Waals surface area contributed by atoms with Crippen molar-refractivity contribution in [2.75, 3.05) is 0 Å². The molecular weight excluding hydrogens is 412 g/mol. The van der Waals surface area contributed by atoms with E-state index in [1.807, 2.05) is 0 Å². The summed E-state index contributed by atoms with van der Waals surface area (Å²) < 4.78 is 57.0. The fraction of sp³-hybridized carbons (Fsp3) is 0.0714. The zero-order chi connectivity index (χ0) is 22.7. The molecule has 4 heteroatoms. The van der Waals surface area contributed by atoms with Gasteiger partial charge in [-0.3, -0.25) is 0 Å². The van der Waals surface area contributed by atoms with Crippen LogP contribution in [0.1, 0.15) is 23.1 Å². The molecule has 0 amide bonds. The molecule has 0 spiro atoms. The summed E-state index contributed by atoms with van der Waals surface area (Å²) in [5.74, 6) is 3.15. The van der Waals surface area contributed by atoms with E-state index in [0.717, 1.165) is 16.8 Å². The number of halogens is 4. The third kappa shape index (κ3) is 4.58. The van der Waals surface area contributed by atoms with Crippen molar-refractivity contribution < 1.29 is 17.6 Å². The minimum atomic E-state index is -0.741. The average molecular weight is 430 g/mol. The Morgan fingerprint density at radius 3 is 2.16 bits per heavy atom. The molecule has 4 aromatic carbocycles. The molecule has 32 heavy (non-hydrogen) atoms. The Kier molecular flexibility index (Phi) is 6.09. The first-order chi connectivity index (χ1) is 15.4. The predicted octanol–water partition coefficient (Wildman–Crippen LogP) is 7.58. The van der Waals surface area contributed by atoms with Crippen LogP contribution < -0.4 is 0 Å². The minimum Gasteiger partial charge on any atom is -0.207 e. The summed E-state index contributed by atoms with van der Waals surface area (Å²) in [4.78, 5) is 0. The van der Waals surface area contributed by atoms with E-state index in [1.54, 1.807) is 30.3 Å². The van der Waals surface area contributed by atoms with Crippen LogP contribution >= 0.6 is 0 Å². The van der Waals surface area contributed by atoms with Crippen molar-refractivity contribution in [1.29, 1.82) is 0 Å². The summed E-state index contributed by atoms with van der Waals surface area (Å²) in [6, 6.07) is 16.1. The van der Waals surface area contributed by atoms with Crippen LogP contribution in [-0.2, 0) is 6.42 Å². The Morgan fingerprint density at radius 2 is 1.44 bits per heavy atom. The molecule has 0 bridgehead atoms. The van der Waals surface area contributed by atoms with Gasteiger partial charge < -0.3 is 0 Å². The van der Waals surface area contributed by atoms with E-state index < -0.39 is 17.5 Å². The van der Waals surface area contributed by atoms with Gasteiger partial charge in [0.1, 0.15) is 23.3 Å². The fourth-order valence-corrected chi connectivity index (χ4v) is 3.52. The van der Waals surface area contributed by atoms with E-state index in [1.165, 1.54) is 36.4 Å². The highest BCUT2D eigenvalue weighted by atomic mass is 19.1. The van der Waals surface area contributed by atoms with Gasteiger partial charge in [-0.25, -0.2) is 17.6 Å². The Balaban J connectivity index is 1.62. The van der Waals surface area contributed by atoms with Crippen molar-refractivity contribution in [1.82, 2.24) is 0 Å². The van der Waals surface area contributed by atoms with Gasteiger partial charge in [0.2, 0.25) is 0 Å². The summed E-state index contributed by atoms with van der Waals surface area (Å²) in [5.41, 5.74) is 1.10. The molecule has 4 aromatic rings. The number of hydrogen-bond acceptors (Lipinski definition) is 0. The highest BCUT2D eigenvalue weighted by Gasteiger charge is 2.15. The monoisotopic (exact) mass is 430 g/mol. The highest BCUT2D eigenvalue weighted by molar-refractivity contribution is 5.84. The zero-order valence-corrected chi connectivity index (χ0v) is 17.1. The van der Waals surface area contributed by atoms with Crippen molar-refractivity contribution in [3.05, 3.63) is 119 Å². The van der Waals surface area contributed by atoms with Gasteiger partial charge in [0.25, 0.3) is 0 Å². The largest absolute Gasteiger partial charge is 0.207 e. The number of rotatable bonds is 4. The van der Waals surface area contributed by atoms with E-state index >= 15 is 0 Å². The van der Waals surface area contributed by atoms with Crippen LogP contribution in [0.25, 0.3) is 21.9 Å². The van der Waals surface area contributed by atoms with Crippen LogP contribution in [0.4, 0.5) is 17.6 Å². The quantitative estimate of drug-likeness (QED) is 0.178. The van der Waals surface area contributed by atoms with Crippen LogP contribution in [-0.4, -0.2) is 0 Å². The summed E-state index contributed by atoms with van der Waals surface area (Å²) in [6.07, 6.45) is 2.76. The van der Waals surface area contributed by atoms with Crippen molar-refractivity contribution >= 4 is 10.8 Å². The molecule has 0 saturated heterocycles. The first kappa shape index (κ1) is 21.4. The molecule has 0 saturated carbocycles. The Morgan fingerprint density at radius 1 is 0.719 bits per heavy atom. The van der Waals surface area contributed by atoms with Gasteiger partial charge >= 0.3 is 0 Å². The SMILES string of the molecule is C=CCCc1cc(F)c(-c2ccc(C#Cc3ccc4cc(F)ccc4c3)c(F)c2)c(F)c1. The van der Waals surface area contributed by atoms with Crippen LogP contribution in [0.2, 0.25) is 0 Å². The molecule has 158 valence electrons. The van der Waals surface area contributed by atoms with E-state index in [2.05, 4.69) is 18.4 Å². The summed E-state index contributed by atoms with van der Waals surface area (Å²) in [6.45, 7) is 3.60. The molecule has 4 rings (SSSR count). The molecule has 0 aliphatic heterocycles. The molecule has 0 aliphatic rings. The molecule has 0 radical (unpaired) electrons. The zero-order valence-electron chi connectivity index (χ0n) is 17.1. The third-order valence-electron chi connectivity index (χ3n) is 5.14. The van der Waals surface area contributed by atoms with Gasteiger partial charge in [-0.05, 0) is 83.3 Å². The van der Waals surface area contributed by atoms with Gasteiger partial charge in [-0.1, -0.05) is 36.1 Å². The Hall–Kier alpha value is -3.84. The fourth-order valence-electron chi connectivity index (χ4n) is 3.52. The van der Waals surface area contributed by atoms with Crippen molar-refractivity contribution in [3.8, 4) is 23.0 Å². The molecule has 0 nitrogen and oxygen atoms in total. The molecule has 0 unspecified atom stereocenters. The summed E-state index contributed by atoms with van der Waals surface area (Å²) in [7, 11) is 0. The molecule has 0 fully saturated rings. The molecule has 0 aliphatic carbocycles. The van der Waals surface area contributed by atoms with Crippen molar-refractivity contribution in [3.63, 3.8) is 0 Å². The maximum atomic E-state index is 14.6. The molecular formula is C28H18F4. The van der Waals surface area contributed by atoms with E-state index in [9.17, 15) is 17.6 Å². The lowest BCUT2D eigenvalue weighted by atomic mass is 9.99. The Bertz CT molecular complexity index is 1370. The van der Waals surface area contributed by atoms with Crippen LogP contribution in [0.5, 0.6) is 0 Å². The number of hydrogen-bond donors (Lipinski definition) is 0.